The van der Waals surface area contributed by atoms with Crippen molar-refractivity contribution >= 4 is 48.6 Å². The first-order valence-corrected chi connectivity index (χ1v) is 23.2. The molecule has 0 fully saturated rings. The summed E-state index contributed by atoms with van der Waals surface area (Å²) >= 11 is 3.50. The molecule has 0 amide bonds. The fraction of sp³-hybridized carbons (Fsp3) is 0.236. The molecule has 6 nitrogen and oxygen atoms in total. The van der Waals surface area contributed by atoms with Gasteiger partial charge in [-0.15, -0.1) is 0 Å². The Morgan fingerprint density at radius 2 is 0.908 bits per heavy atom. The van der Waals surface area contributed by atoms with Crippen molar-refractivity contribution in [1.29, 1.82) is 0 Å². The lowest BCUT2D eigenvalue weighted by atomic mass is 9.92. The molecule has 10 heteroatoms. The zero-order valence-electron chi connectivity index (χ0n) is 36.8. The van der Waals surface area contributed by atoms with Crippen LogP contribution in [0.5, 0.6) is 0 Å². The van der Waals surface area contributed by atoms with Crippen molar-refractivity contribution in [1.82, 2.24) is 30.9 Å². The van der Waals surface area contributed by atoms with E-state index in [9.17, 15) is 13.2 Å². The molecule has 0 radical (unpaired) electrons. The minimum absolute atomic E-state index is 0.156. The maximum Gasteiger partial charge on any atom is 0.125 e. The molecule has 330 valence electrons. The fourth-order valence-electron chi connectivity index (χ4n) is 11.1. The Kier molecular flexibility index (Phi) is 11.8. The number of nitrogens with one attached hydrogen (secondary N) is 6. The van der Waals surface area contributed by atoms with Crippen LogP contribution in [0.3, 0.4) is 0 Å². The summed E-state index contributed by atoms with van der Waals surface area (Å²) in [5, 5.41) is 13.7. The van der Waals surface area contributed by atoms with Crippen LogP contribution in [0.15, 0.2) is 138 Å². The number of benzene rings is 6. The van der Waals surface area contributed by atoms with Crippen LogP contribution >= 0.6 is 15.9 Å². The second kappa shape index (κ2) is 17.8. The van der Waals surface area contributed by atoms with Crippen molar-refractivity contribution in [2.24, 2.45) is 0 Å². The largest absolute Gasteiger partial charge is 0.361 e. The first kappa shape index (κ1) is 43.0. The molecule has 6 aromatic carbocycles. The third kappa shape index (κ3) is 7.90. The molecule has 12 rings (SSSR count). The van der Waals surface area contributed by atoms with Crippen LogP contribution in [0, 0.1) is 24.4 Å². The van der Waals surface area contributed by atoms with Gasteiger partial charge in [0.25, 0.3) is 0 Å². The SMILES string of the molecule is CNC1CC(c2c[nH]c3c(C)cccc23)c2cc(F)ccc21.CNC1CC(c2c[nH]c3cc(Br)ccc23)c2cc(F)ccc21.CNC1CC(c2c[nH]c3cc(F)ccc23)c2ccccc21. The van der Waals surface area contributed by atoms with Gasteiger partial charge in [0.2, 0.25) is 0 Å². The zero-order chi connectivity index (χ0) is 44.9. The highest BCUT2D eigenvalue weighted by atomic mass is 79.9. The molecule has 3 aliphatic rings. The molecule has 0 spiro atoms. The van der Waals surface area contributed by atoms with Crippen LogP contribution in [0.1, 0.15) is 111 Å². The highest BCUT2D eigenvalue weighted by Gasteiger charge is 2.35. The van der Waals surface area contributed by atoms with E-state index in [1.54, 1.807) is 30.3 Å². The summed E-state index contributed by atoms with van der Waals surface area (Å²) < 4.78 is 41.9. The van der Waals surface area contributed by atoms with Crippen LogP contribution in [0.25, 0.3) is 32.7 Å². The molecule has 9 aromatic rings. The lowest BCUT2D eigenvalue weighted by Crippen LogP contribution is -2.13. The standard InChI is InChI=1S/C19H19FN2.C18H16BrFN2.C18H17FN2/c1-11-4-3-5-14-17(10-22-19(11)14)16-9-18(21-2)13-7-6-12(20)8-15(13)16;1-21-17-8-15(14-7-11(20)3-5-12(14)17)16-9-22-18-6-10(19)2-4-13(16)18;1-20-17-9-15(12-4-2-3-5-13(12)17)16-10-21-18-8-11(19)6-7-14(16)18/h3-8,10,16,18,21-22H,9H2,1-2H3;2-7,9,15,17,21-22H,8H2,1H3;2-8,10,15,17,20-21H,9H2,1H3. The maximum absolute atomic E-state index is 13.8. The van der Waals surface area contributed by atoms with Crippen LogP contribution in [-0.4, -0.2) is 36.1 Å². The Morgan fingerprint density at radius 3 is 1.49 bits per heavy atom. The van der Waals surface area contributed by atoms with Crippen LogP contribution in [-0.2, 0) is 0 Å². The minimum Gasteiger partial charge on any atom is -0.361 e. The van der Waals surface area contributed by atoms with E-state index < -0.39 is 0 Å². The monoisotopic (exact) mass is 932 g/mol. The van der Waals surface area contributed by atoms with Crippen molar-refractivity contribution in [3.8, 4) is 0 Å². The fourth-order valence-corrected chi connectivity index (χ4v) is 11.4. The summed E-state index contributed by atoms with van der Waals surface area (Å²) in [6, 6.07) is 37.5. The molecule has 0 aliphatic heterocycles. The predicted octanol–water partition coefficient (Wildman–Crippen LogP) is 13.4. The number of hydrogen-bond acceptors (Lipinski definition) is 3. The van der Waals surface area contributed by atoms with E-state index in [4.69, 9.17) is 0 Å². The molecule has 6 N–H and O–H groups in total. The van der Waals surface area contributed by atoms with Crippen molar-refractivity contribution in [2.75, 3.05) is 21.1 Å². The van der Waals surface area contributed by atoms with E-state index in [0.29, 0.717) is 12.0 Å². The van der Waals surface area contributed by atoms with Gasteiger partial charge in [0.1, 0.15) is 17.5 Å². The molecule has 6 atom stereocenters. The van der Waals surface area contributed by atoms with E-state index in [1.807, 2.05) is 45.5 Å². The number of aryl methyl sites for hydroxylation is 1. The summed E-state index contributed by atoms with van der Waals surface area (Å²) in [6.07, 6.45) is 9.15. The maximum atomic E-state index is 13.8. The highest BCUT2D eigenvalue weighted by Crippen LogP contribution is 2.48. The third-order valence-corrected chi connectivity index (χ3v) is 14.7. The van der Waals surface area contributed by atoms with Gasteiger partial charge in [0.05, 0.1) is 0 Å². The van der Waals surface area contributed by atoms with Gasteiger partial charge >= 0.3 is 0 Å². The number of para-hydroxylation sites is 1. The van der Waals surface area contributed by atoms with Crippen molar-refractivity contribution in [3.05, 3.63) is 211 Å². The lowest BCUT2D eigenvalue weighted by molar-refractivity contribution is 0.566. The zero-order valence-corrected chi connectivity index (χ0v) is 38.4. The summed E-state index contributed by atoms with van der Waals surface area (Å²) in [7, 11) is 5.94. The molecule has 65 heavy (non-hydrogen) atoms. The van der Waals surface area contributed by atoms with E-state index in [0.717, 1.165) is 51.3 Å². The number of halogens is 4. The lowest BCUT2D eigenvalue weighted by Gasteiger charge is -2.11. The Labute approximate surface area is 385 Å². The summed E-state index contributed by atoms with van der Waals surface area (Å²) in [5.74, 6) is 0.296. The van der Waals surface area contributed by atoms with Crippen LogP contribution in [0.2, 0.25) is 0 Å². The van der Waals surface area contributed by atoms with Gasteiger partial charge < -0.3 is 30.9 Å². The number of rotatable bonds is 6. The molecule has 3 aliphatic carbocycles. The normalized spacial score (nSPS) is 20.6. The quantitative estimate of drug-likeness (QED) is 0.100. The molecule has 3 aromatic heterocycles. The Morgan fingerprint density at radius 1 is 0.446 bits per heavy atom. The van der Waals surface area contributed by atoms with Crippen molar-refractivity contribution < 1.29 is 13.2 Å². The number of aromatic nitrogens is 3. The van der Waals surface area contributed by atoms with Gasteiger partial charge in [-0.1, -0.05) is 76.6 Å². The molecule has 0 saturated heterocycles. The molecule has 6 unspecified atom stereocenters. The number of hydrogen-bond donors (Lipinski definition) is 6. The first-order valence-electron chi connectivity index (χ1n) is 22.4. The smallest absolute Gasteiger partial charge is 0.125 e. The summed E-state index contributed by atoms with van der Waals surface area (Å²) in [5.41, 5.74) is 15.6. The summed E-state index contributed by atoms with van der Waals surface area (Å²) in [6.45, 7) is 2.11. The van der Waals surface area contributed by atoms with E-state index in [-0.39, 0.29) is 41.4 Å². The minimum atomic E-state index is -0.198. The van der Waals surface area contributed by atoms with E-state index in [1.165, 1.54) is 66.9 Å². The van der Waals surface area contributed by atoms with Crippen molar-refractivity contribution in [2.45, 2.75) is 62.1 Å². The van der Waals surface area contributed by atoms with E-state index in [2.05, 4.69) is 127 Å². The first-order chi connectivity index (χ1) is 31.6. The van der Waals surface area contributed by atoms with Gasteiger partial charge in [-0.3, -0.25) is 0 Å². The number of fused-ring (bicyclic) bond motifs is 6. The molecular weight excluding hydrogens is 882 g/mol. The van der Waals surface area contributed by atoms with Gasteiger partial charge in [-0.2, -0.15) is 0 Å². The second-order valence-electron chi connectivity index (χ2n) is 17.7. The second-order valence-corrected chi connectivity index (χ2v) is 18.6. The average Bonchev–Trinajstić information content (AvgIpc) is 4.18. The molecule has 0 bridgehead atoms. The topological polar surface area (TPSA) is 83.5 Å². The highest BCUT2D eigenvalue weighted by molar-refractivity contribution is 9.10. The Bertz CT molecular complexity index is 3190. The van der Waals surface area contributed by atoms with Gasteiger partial charge in [-0.05, 0) is 158 Å². The predicted molar refractivity (Wildman–Crippen MR) is 261 cm³/mol. The van der Waals surface area contributed by atoms with Gasteiger partial charge in [-0.25, -0.2) is 13.2 Å². The molecule has 3 heterocycles. The Balaban J connectivity index is 0.000000115. The van der Waals surface area contributed by atoms with Crippen LogP contribution in [0.4, 0.5) is 13.2 Å². The third-order valence-electron chi connectivity index (χ3n) is 14.2. The number of aromatic amines is 3. The molecule has 0 saturated carbocycles. The van der Waals surface area contributed by atoms with Gasteiger partial charge in [0.15, 0.2) is 0 Å². The Hall–Kier alpha value is -5.91. The van der Waals surface area contributed by atoms with Gasteiger partial charge in [0, 0.05) is 91.7 Å². The van der Waals surface area contributed by atoms with Crippen LogP contribution < -0.4 is 16.0 Å². The van der Waals surface area contributed by atoms with E-state index >= 15 is 0 Å². The number of H-pyrrole nitrogens is 3. The summed E-state index contributed by atoms with van der Waals surface area (Å²) in [4.78, 5) is 9.95. The molecular formula is C55H52BrF3N6. The average molecular weight is 934 g/mol. The van der Waals surface area contributed by atoms with Crippen molar-refractivity contribution in [3.63, 3.8) is 0 Å².